The fourth-order valence-electron chi connectivity index (χ4n) is 3.73. The second kappa shape index (κ2) is 31.8. The molecule has 0 radical (unpaired) electrons. The van der Waals surface area contributed by atoms with E-state index >= 15 is 0 Å². The summed E-state index contributed by atoms with van der Waals surface area (Å²) in [6.45, 7) is 10.5. The third-order valence-electron chi connectivity index (χ3n) is 6.79. The van der Waals surface area contributed by atoms with Gasteiger partial charge in [0.2, 0.25) is 0 Å². The van der Waals surface area contributed by atoms with Gasteiger partial charge >= 0.3 is 29.8 Å². The van der Waals surface area contributed by atoms with E-state index in [4.69, 9.17) is 24.1 Å². The van der Waals surface area contributed by atoms with Crippen molar-refractivity contribution in [3.8, 4) is 0 Å². The van der Waals surface area contributed by atoms with Gasteiger partial charge in [0.25, 0.3) is 0 Å². The number of hydrogen-bond acceptors (Lipinski definition) is 17. The van der Waals surface area contributed by atoms with Crippen LogP contribution in [-0.4, -0.2) is 173 Å². The van der Waals surface area contributed by atoms with Crippen molar-refractivity contribution >= 4 is 47.8 Å². The smallest absolute Gasteiger partial charge is 0.330 e. The zero-order chi connectivity index (χ0) is 40.8. The van der Waals surface area contributed by atoms with Gasteiger partial charge in [0.15, 0.2) is 0 Å². The Kier molecular flexibility index (Phi) is 32.9. The number of aliphatic carboxylic acids is 4. The van der Waals surface area contributed by atoms with Crippen molar-refractivity contribution < 1.29 is 86.7 Å². The molecular formula is C33H57N4O16-. The Morgan fingerprint density at radius 2 is 1.06 bits per heavy atom. The number of ether oxygens (including phenoxy) is 4. The molecule has 0 aliphatic heterocycles. The molecule has 0 fully saturated rings. The fraction of sp³-hybridized carbons (Fsp3) is 0.636. The molecule has 1 unspecified atom stereocenters. The van der Waals surface area contributed by atoms with Crippen LogP contribution in [0, 0.1) is 0 Å². The number of carbonyl (C=O) groups excluding carboxylic acids is 7. The molecule has 0 aliphatic carbocycles. The number of likely N-dealkylation sites (N-methyl/N-ethyl adjacent to an activating group) is 3. The SMILES string of the molecule is C.C=CC(=O)OCC[N+](C)(CCOC(=O)C=C)CC(=O)[O-].CCC(=O)OCC[N+](C)(CCOC(=O)CCN(CC)CC(=O)[O-])CC(=O)[O-].NCC(=O)O. The molecule has 0 heterocycles. The van der Waals surface area contributed by atoms with Crippen molar-refractivity contribution in [2.45, 2.75) is 34.1 Å². The lowest BCUT2D eigenvalue weighted by Crippen LogP contribution is -2.54. The summed E-state index contributed by atoms with van der Waals surface area (Å²) in [7, 11) is 3.28. The predicted molar refractivity (Wildman–Crippen MR) is 181 cm³/mol. The molecule has 0 aromatic rings. The van der Waals surface area contributed by atoms with E-state index in [2.05, 4.69) is 18.9 Å². The van der Waals surface area contributed by atoms with Crippen LogP contribution in [0.25, 0.3) is 0 Å². The Bertz CT molecular complexity index is 1150. The number of carboxylic acid groups (broad SMARTS) is 4. The van der Waals surface area contributed by atoms with Gasteiger partial charge in [-0.3, -0.25) is 19.3 Å². The molecule has 0 saturated heterocycles. The summed E-state index contributed by atoms with van der Waals surface area (Å²) in [5, 5.41) is 39.9. The van der Waals surface area contributed by atoms with Crippen LogP contribution in [0.15, 0.2) is 25.3 Å². The molecule has 0 aromatic carbocycles. The lowest BCUT2D eigenvalue weighted by Gasteiger charge is -2.34. The third kappa shape index (κ3) is 35.3. The first-order valence-corrected chi connectivity index (χ1v) is 16.0. The molecule has 20 heteroatoms. The van der Waals surface area contributed by atoms with E-state index in [1.165, 1.54) is 4.90 Å². The molecule has 20 nitrogen and oxygen atoms in total. The van der Waals surface area contributed by atoms with Crippen LogP contribution in [0.4, 0.5) is 0 Å². The Morgan fingerprint density at radius 3 is 1.34 bits per heavy atom. The van der Waals surface area contributed by atoms with E-state index in [0.29, 0.717) is 6.54 Å². The van der Waals surface area contributed by atoms with E-state index in [9.17, 15) is 53.7 Å². The van der Waals surface area contributed by atoms with Crippen molar-refractivity contribution in [2.75, 3.05) is 106 Å². The average Bonchev–Trinajstić information content (AvgIpc) is 3.05. The summed E-state index contributed by atoms with van der Waals surface area (Å²) < 4.78 is 19.7. The molecular weight excluding hydrogens is 708 g/mol. The first kappa shape index (κ1) is 54.8. The van der Waals surface area contributed by atoms with Gasteiger partial charge in [-0.05, 0) is 6.54 Å². The summed E-state index contributed by atoms with van der Waals surface area (Å²) in [4.78, 5) is 87.8. The minimum absolute atomic E-state index is 0. The van der Waals surface area contributed by atoms with Crippen LogP contribution in [-0.2, 0) is 57.3 Å². The fourth-order valence-corrected chi connectivity index (χ4v) is 3.73. The Morgan fingerprint density at radius 1 is 0.698 bits per heavy atom. The van der Waals surface area contributed by atoms with E-state index in [-0.39, 0.29) is 121 Å². The average molecular weight is 766 g/mol. The summed E-state index contributed by atoms with van der Waals surface area (Å²) in [6, 6.07) is 0. The standard InChI is InChI=1S/C17H30N2O8.C13H19NO6.C2H5NO2.CH4/c1-4-16(24)26-10-8-19(3,13-15(22)23)9-11-27-17(25)6-7-18(5-2)12-14(20)21;1-4-12(17)19-8-6-14(3,10-11(15)16)7-9-20-13(18)5-2;3-1-2(4)5;/h4-13H2,1-3H3,(H-,20,21,22,23);4-5H,1-2,6-10H2,3H3;1,3H2,(H,4,5);1H4/p-1. The van der Waals surface area contributed by atoms with Gasteiger partial charge in [0, 0.05) is 31.7 Å². The van der Waals surface area contributed by atoms with E-state index in [0.717, 1.165) is 12.2 Å². The second-order valence-electron chi connectivity index (χ2n) is 11.3. The van der Waals surface area contributed by atoms with Gasteiger partial charge < -0.3 is 68.5 Å². The molecule has 0 bridgehead atoms. The predicted octanol–water partition coefficient (Wildman–Crippen LogP) is -4.55. The molecule has 53 heavy (non-hydrogen) atoms. The molecule has 0 rings (SSSR count). The zero-order valence-electron chi connectivity index (χ0n) is 30.4. The highest BCUT2D eigenvalue weighted by Crippen LogP contribution is 2.04. The van der Waals surface area contributed by atoms with Crippen molar-refractivity contribution in [1.29, 1.82) is 0 Å². The molecule has 0 aromatic heterocycles. The minimum atomic E-state index is -1.26. The summed E-state index contributed by atoms with van der Waals surface area (Å²) in [5.41, 5.74) is 4.57. The number of nitrogens with two attached hydrogens (primary N) is 1. The second-order valence-corrected chi connectivity index (χ2v) is 11.3. The summed E-state index contributed by atoms with van der Waals surface area (Å²) >= 11 is 0. The minimum Gasteiger partial charge on any atom is -0.549 e. The third-order valence-corrected chi connectivity index (χ3v) is 6.79. The van der Waals surface area contributed by atoms with Crippen LogP contribution in [0.5, 0.6) is 0 Å². The molecule has 0 amide bonds. The number of hydrogen-bond donors (Lipinski definition) is 2. The van der Waals surface area contributed by atoms with Gasteiger partial charge in [-0.15, -0.1) is 0 Å². The highest BCUT2D eigenvalue weighted by molar-refractivity contribution is 5.81. The largest absolute Gasteiger partial charge is 0.549 e. The lowest BCUT2D eigenvalue weighted by atomic mass is 10.3. The molecule has 3 N–H and O–H groups in total. The van der Waals surface area contributed by atoms with Crippen LogP contribution in [0.1, 0.15) is 34.1 Å². The Hall–Kier alpha value is -4.92. The quantitative estimate of drug-likeness (QED) is 0.0363. The maximum absolute atomic E-state index is 11.8. The maximum Gasteiger partial charge on any atom is 0.330 e. The molecule has 306 valence electrons. The van der Waals surface area contributed by atoms with Gasteiger partial charge in [0.1, 0.15) is 65.7 Å². The van der Waals surface area contributed by atoms with Gasteiger partial charge in [0.05, 0.1) is 45.0 Å². The molecule has 0 saturated carbocycles. The number of nitrogens with zero attached hydrogens (tertiary/aromatic N) is 3. The zero-order valence-corrected chi connectivity index (χ0v) is 30.4. The maximum atomic E-state index is 11.8. The van der Waals surface area contributed by atoms with Crippen molar-refractivity contribution in [3.05, 3.63) is 25.3 Å². The van der Waals surface area contributed by atoms with Crippen LogP contribution < -0.4 is 21.1 Å². The summed E-state index contributed by atoms with van der Waals surface area (Å²) in [6.07, 6.45) is 2.29. The van der Waals surface area contributed by atoms with Crippen molar-refractivity contribution in [1.82, 2.24) is 4.90 Å². The number of quaternary nitrogens is 2. The van der Waals surface area contributed by atoms with Crippen LogP contribution in [0.3, 0.4) is 0 Å². The molecule has 1 atom stereocenters. The number of carboxylic acids is 4. The highest BCUT2D eigenvalue weighted by atomic mass is 16.5. The lowest BCUT2D eigenvalue weighted by molar-refractivity contribution is -0.904. The van der Waals surface area contributed by atoms with Gasteiger partial charge in [-0.1, -0.05) is 34.4 Å². The van der Waals surface area contributed by atoms with Crippen LogP contribution >= 0.6 is 0 Å². The normalized spacial score (nSPS) is 11.3. The first-order chi connectivity index (χ1) is 24.2. The van der Waals surface area contributed by atoms with E-state index in [1.807, 2.05) is 0 Å². The topological polar surface area (TPSA) is 292 Å². The number of esters is 4. The highest BCUT2D eigenvalue weighted by Gasteiger charge is 2.24. The Labute approximate surface area is 310 Å². The molecule has 0 spiro atoms. The summed E-state index contributed by atoms with van der Waals surface area (Å²) in [5.74, 6) is -6.73. The first-order valence-electron chi connectivity index (χ1n) is 16.0. The molecule has 0 aliphatic rings. The van der Waals surface area contributed by atoms with E-state index in [1.54, 1.807) is 27.9 Å². The van der Waals surface area contributed by atoms with Gasteiger partial charge in [-0.25, -0.2) is 9.59 Å². The van der Waals surface area contributed by atoms with E-state index < -0.39 is 41.8 Å². The number of carbonyl (C=O) groups is 8. The van der Waals surface area contributed by atoms with Crippen LogP contribution in [0.2, 0.25) is 0 Å². The van der Waals surface area contributed by atoms with Crippen molar-refractivity contribution in [2.24, 2.45) is 5.73 Å². The Balaban J connectivity index is -0.000000406. The van der Waals surface area contributed by atoms with Gasteiger partial charge in [-0.2, -0.15) is 0 Å². The monoisotopic (exact) mass is 765 g/mol. The van der Waals surface area contributed by atoms with Crippen molar-refractivity contribution in [3.63, 3.8) is 0 Å². The number of rotatable bonds is 26.